The molecular formula is C18H16FN3O2. The summed E-state index contributed by atoms with van der Waals surface area (Å²) < 4.78 is 13.8. The fourth-order valence-corrected chi connectivity index (χ4v) is 2.37. The molecule has 1 heterocycles. The number of carbonyl (C=O) groups excluding carboxylic acids is 1. The molecule has 0 aliphatic heterocycles. The van der Waals surface area contributed by atoms with E-state index in [0.717, 1.165) is 0 Å². The summed E-state index contributed by atoms with van der Waals surface area (Å²) in [4.78, 5) is 21.0. The summed E-state index contributed by atoms with van der Waals surface area (Å²) in [5, 5.41) is 13.8. The van der Waals surface area contributed by atoms with Crippen molar-refractivity contribution in [1.29, 1.82) is 0 Å². The van der Waals surface area contributed by atoms with Crippen LogP contribution in [0.5, 0.6) is 5.75 Å². The molecule has 0 aliphatic rings. The highest BCUT2D eigenvalue weighted by atomic mass is 19.1. The Morgan fingerprint density at radius 1 is 1.21 bits per heavy atom. The Balaban J connectivity index is 2.05. The summed E-state index contributed by atoms with van der Waals surface area (Å²) >= 11 is 0. The monoisotopic (exact) mass is 325 g/mol. The third-order valence-corrected chi connectivity index (χ3v) is 3.48. The molecule has 3 rings (SSSR count). The summed E-state index contributed by atoms with van der Waals surface area (Å²) in [7, 11) is 0. The molecule has 0 spiro atoms. The van der Waals surface area contributed by atoms with Crippen LogP contribution < -0.4 is 5.32 Å². The van der Waals surface area contributed by atoms with Gasteiger partial charge in [-0.25, -0.2) is 14.4 Å². The van der Waals surface area contributed by atoms with Gasteiger partial charge in [0.15, 0.2) is 5.78 Å². The second kappa shape index (κ2) is 6.23. The quantitative estimate of drug-likeness (QED) is 0.718. The zero-order valence-corrected chi connectivity index (χ0v) is 13.2. The molecule has 2 N–H and O–H groups in total. The second-order valence-corrected chi connectivity index (χ2v) is 5.73. The number of aromatic nitrogens is 2. The minimum atomic E-state index is -0.630. The van der Waals surface area contributed by atoms with Gasteiger partial charge in [0.2, 0.25) is 5.95 Å². The zero-order chi connectivity index (χ0) is 17.3. The number of aromatic hydroxyl groups is 1. The standard InChI is InChI=1S/C18H16FN3O2/c1-10(2)21-18-20-9-11-7-13(16(23)8-15(11)22-18)17(24)12-5-3-4-6-14(12)19/h3-10,23H,1-2H3,(H,20,21,22). The first-order valence-corrected chi connectivity index (χ1v) is 7.51. The first kappa shape index (κ1) is 15.9. The number of nitrogens with zero attached hydrogens (tertiary/aromatic N) is 2. The van der Waals surface area contributed by atoms with Crippen LogP contribution in [-0.2, 0) is 0 Å². The minimum Gasteiger partial charge on any atom is -0.507 e. The number of fused-ring (bicyclic) bond motifs is 1. The molecule has 0 aliphatic carbocycles. The Bertz CT molecular complexity index is 925. The number of phenols is 1. The Kier molecular flexibility index (Phi) is 4.12. The van der Waals surface area contributed by atoms with Crippen LogP contribution in [0.15, 0.2) is 42.6 Å². The molecule has 2 aromatic carbocycles. The fraction of sp³-hybridized carbons (Fsp3) is 0.167. The van der Waals surface area contributed by atoms with Crippen LogP contribution in [0.25, 0.3) is 10.9 Å². The maximum absolute atomic E-state index is 13.8. The number of hydrogen-bond donors (Lipinski definition) is 2. The number of benzene rings is 2. The van der Waals surface area contributed by atoms with Gasteiger partial charge in [-0.2, -0.15) is 0 Å². The Morgan fingerprint density at radius 3 is 2.67 bits per heavy atom. The summed E-state index contributed by atoms with van der Waals surface area (Å²) in [5.41, 5.74) is 0.419. The average Bonchev–Trinajstić information content (AvgIpc) is 2.53. The van der Waals surface area contributed by atoms with E-state index < -0.39 is 11.6 Å². The molecule has 0 bridgehead atoms. The summed E-state index contributed by atoms with van der Waals surface area (Å²) in [6.07, 6.45) is 1.56. The van der Waals surface area contributed by atoms with Gasteiger partial charge in [0.05, 0.1) is 16.6 Å². The van der Waals surface area contributed by atoms with Crippen LogP contribution in [-0.4, -0.2) is 26.9 Å². The van der Waals surface area contributed by atoms with Crippen molar-refractivity contribution in [3.8, 4) is 5.75 Å². The first-order chi connectivity index (χ1) is 11.5. The lowest BCUT2D eigenvalue weighted by molar-refractivity contribution is 0.103. The van der Waals surface area contributed by atoms with Crippen LogP contribution in [0.1, 0.15) is 29.8 Å². The maximum atomic E-state index is 13.8. The number of carbonyl (C=O) groups is 1. The van der Waals surface area contributed by atoms with E-state index in [2.05, 4.69) is 15.3 Å². The molecule has 0 saturated carbocycles. The van der Waals surface area contributed by atoms with E-state index in [1.165, 1.54) is 30.3 Å². The fourth-order valence-electron chi connectivity index (χ4n) is 2.37. The van der Waals surface area contributed by atoms with E-state index in [0.29, 0.717) is 16.9 Å². The Morgan fingerprint density at radius 2 is 1.96 bits per heavy atom. The van der Waals surface area contributed by atoms with Gasteiger partial charge in [-0.05, 0) is 32.0 Å². The molecule has 122 valence electrons. The maximum Gasteiger partial charge on any atom is 0.223 e. The van der Waals surface area contributed by atoms with Crippen LogP contribution in [0.3, 0.4) is 0 Å². The molecule has 5 nitrogen and oxygen atoms in total. The van der Waals surface area contributed by atoms with E-state index in [9.17, 15) is 14.3 Å². The SMILES string of the molecule is CC(C)Nc1ncc2cc(C(=O)c3ccccc3F)c(O)cc2n1. The van der Waals surface area contributed by atoms with Crippen molar-refractivity contribution >= 4 is 22.6 Å². The van der Waals surface area contributed by atoms with E-state index in [1.807, 2.05) is 13.8 Å². The third-order valence-electron chi connectivity index (χ3n) is 3.48. The summed E-state index contributed by atoms with van der Waals surface area (Å²) in [6.45, 7) is 3.92. The average molecular weight is 325 g/mol. The van der Waals surface area contributed by atoms with Crippen LogP contribution in [0.2, 0.25) is 0 Å². The minimum absolute atomic E-state index is 0.0146. The number of phenolic OH excluding ortho intramolecular Hbond substituents is 1. The molecule has 0 atom stereocenters. The lowest BCUT2D eigenvalue weighted by atomic mass is 10.0. The van der Waals surface area contributed by atoms with Gasteiger partial charge in [-0.3, -0.25) is 4.79 Å². The van der Waals surface area contributed by atoms with Crippen molar-refractivity contribution in [3.05, 3.63) is 59.5 Å². The van der Waals surface area contributed by atoms with Crippen molar-refractivity contribution in [2.45, 2.75) is 19.9 Å². The van der Waals surface area contributed by atoms with Gasteiger partial charge in [0.1, 0.15) is 11.6 Å². The largest absolute Gasteiger partial charge is 0.507 e. The molecule has 1 aromatic heterocycles. The summed E-state index contributed by atoms with van der Waals surface area (Å²) in [6, 6.07) is 8.68. The molecule has 0 radical (unpaired) electrons. The summed E-state index contributed by atoms with van der Waals surface area (Å²) in [5.74, 6) is -1.03. The topological polar surface area (TPSA) is 75.1 Å². The zero-order valence-electron chi connectivity index (χ0n) is 13.2. The highest BCUT2D eigenvalue weighted by molar-refractivity contribution is 6.12. The number of halogens is 1. The van der Waals surface area contributed by atoms with Crippen molar-refractivity contribution in [2.75, 3.05) is 5.32 Å². The van der Waals surface area contributed by atoms with Crippen LogP contribution in [0, 0.1) is 5.82 Å². The molecule has 0 unspecified atom stereocenters. The molecule has 0 saturated heterocycles. The number of rotatable bonds is 4. The van der Waals surface area contributed by atoms with Gasteiger partial charge < -0.3 is 10.4 Å². The lowest BCUT2D eigenvalue weighted by Crippen LogP contribution is -2.12. The van der Waals surface area contributed by atoms with Gasteiger partial charge in [0, 0.05) is 23.7 Å². The number of nitrogens with one attached hydrogen (secondary N) is 1. The Labute approximate surface area is 138 Å². The second-order valence-electron chi connectivity index (χ2n) is 5.73. The highest BCUT2D eigenvalue weighted by Gasteiger charge is 2.18. The van der Waals surface area contributed by atoms with Crippen molar-refractivity contribution in [1.82, 2.24) is 9.97 Å². The molecule has 3 aromatic rings. The van der Waals surface area contributed by atoms with Crippen molar-refractivity contribution in [3.63, 3.8) is 0 Å². The molecule has 0 fully saturated rings. The number of ketones is 1. The Hall–Kier alpha value is -3.02. The first-order valence-electron chi connectivity index (χ1n) is 7.51. The van der Waals surface area contributed by atoms with Gasteiger partial charge in [-0.1, -0.05) is 12.1 Å². The molecule has 6 heteroatoms. The highest BCUT2D eigenvalue weighted by Crippen LogP contribution is 2.27. The predicted octanol–water partition coefficient (Wildman–Crippen LogP) is 3.53. The lowest BCUT2D eigenvalue weighted by Gasteiger charge is -2.10. The van der Waals surface area contributed by atoms with Crippen molar-refractivity contribution in [2.24, 2.45) is 0 Å². The van der Waals surface area contributed by atoms with E-state index in [4.69, 9.17) is 0 Å². The smallest absolute Gasteiger partial charge is 0.223 e. The van der Waals surface area contributed by atoms with Gasteiger partial charge in [0.25, 0.3) is 0 Å². The van der Waals surface area contributed by atoms with Gasteiger partial charge >= 0.3 is 0 Å². The molecule has 24 heavy (non-hydrogen) atoms. The molecule has 0 amide bonds. The van der Waals surface area contributed by atoms with Crippen LogP contribution >= 0.6 is 0 Å². The predicted molar refractivity (Wildman–Crippen MR) is 89.8 cm³/mol. The normalized spacial score (nSPS) is 11.0. The third kappa shape index (κ3) is 3.03. The number of hydrogen-bond acceptors (Lipinski definition) is 5. The van der Waals surface area contributed by atoms with Crippen molar-refractivity contribution < 1.29 is 14.3 Å². The number of anilines is 1. The van der Waals surface area contributed by atoms with Crippen LogP contribution in [0.4, 0.5) is 10.3 Å². The molecular weight excluding hydrogens is 309 g/mol. The van der Waals surface area contributed by atoms with E-state index in [-0.39, 0.29) is 22.9 Å². The van der Waals surface area contributed by atoms with Gasteiger partial charge in [-0.15, -0.1) is 0 Å². The van der Waals surface area contributed by atoms with E-state index >= 15 is 0 Å². The van der Waals surface area contributed by atoms with E-state index in [1.54, 1.807) is 12.3 Å².